The van der Waals surface area contributed by atoms with Crippen LogP contribution in [-0.4, -0.2) is 41.0 Å². The van der Waals surface area contributed by atoms with Crippen molar-refractivity contribution >= 4 is 23.8 Å². The SMILES string of the molecule is NC(=O)CC[C@H](N)C(=O)O.N[C@@H](CCC(=O)[O-])C(=O)[O-].[Na+].[Na+]. The van der Waals surface area contributed by atoms with Gasteiger partial charge in [-0.2, -0.15) is 0 Å². The molecule has 12 heteroatoms. The monoisotopic (exact) mass is 337 g/mol. The number of amides is 1. The molecule has 0 aliphatic carbocycles. The Morgan fingerprint density at radius 2 is 1.32 bits per heavy atom. The second-order valence-corrected chi connectivity index (χ2v) is 3.79. The van der Waals surface area contributed by atoms with Gasteiger partial charge in [0.15, 0.2) is 0 Å². The third-order valence-corrected chi connectivity index (χ3v) is 1.98. The molecule has 1 amide bonds. The average molecular weight is 337 g/mol. The van der Waals surface area contributed by atoms with Crippen LogP contribution < -0.4 is 86.5 Å². The Labute approximate surface area is 171 Å². The summed E-state index contributed by atoms with van der Waals surface area (Å²) < 4.78 is 0. The van der Waals surface area contributed by atoms with Crippen molar-refractivity contribution < 1.29 is 93.6 Å². The van der Waals surface area contributed by atoms with E-state index in [9.17, 15) is 29.4 Å². The smallest absolute Gasteiger partial charge is 0.550 e. The first-order valence-corrected chi connectivity index (χ1v) is 5.50. The van der Waals surface area contributed by atoms with Gasteiger partial charge in [-0.05, 0) is 19.3 Å². The molecule has 0 radical (unpaired) electrons. The first kappa shape index (κ1) is 29.8. The van der Waals surface area contributed by atoms with Crippen molar-refractivity contribution in [3.63, 3.8) is 0 Å². The molecule has 0 aromatic carbocycles. The fourth-order valence-electron chi connectivity index (χ4n) is 0.812. The van der Waals surface area contributed by atoms with Crippen LogP contribution in [0.25, 0.3) is 0 Å². The topological polar surface area (TPSA) is 213 Å². The Kier molecular flexibility index (Phi) is 23.2. The van der Waals surface area contributed by atoms with Crippen LogP contribution in [0, 0.1) is 0 Å². The first-order chi connectivity index (χ1) is 9.07. The van der Waals surface area contributed by atoms with Crippen molar-refractivity contribution in [1.82, 2.24) is 0 Å². The maximum atomic E-state index is 10.1. The quantitative estimate of drug-likeness (QED) is 0.309. The van der Waals surface area contributed by atoms with Crippen LogP contribution in [0.2, 0.25) is 0 Å². The van der Waals surface area contributed by atoms with Crippen LogP contribution in [0.4, 0.5) is 0 Å². The average Bonchev–Trinajstić information content (AvgIpc) is 2.33. The summed E-state index contributed by atoms with van der Waals surface area (Å²) >= 11 is 0. The molecular formula is C10H17N3Na2O7. The molecule has 116 valence electrons. The van der Waals surface area contributed by atoms with E-state index in [1.54, 1.807) is 0 Å². The van der Waals surface area contributed by atoms with Crippen molar-refractivity contribution in [2.45, 2.75) is 37.8 Å². The van der Waals surface area contributed by atoms with E-state index in [0.717, 1.165) is 0 Å². The van der Waals surface area contributed by atoms with E-state index in [1.807, 2.05) is 0 Å². The van der Waals surface area contributed by atoms with Crippen LogP contribution in [0.5, 0.6) is 0 Å². The van der Waals surface area contributed by atoms with Crippen LogP contribution in [0.3, 0.4) is 0 Å². The van der Waals surface area contributed by atoms with Crippen LogP contribution in [0.1, 0.15) is 25.7 Å². The minimum Gasteiger partial charge on any atom is -0.550 e. The van der Waals surface area contributed by atoms with Crippen molar-refractivity contribution in [1.29, 1.82) is 0 Å². The summed E-state index contributed by atoms with van der Waals surface area (Å²) in [5, 5.41) is 27.8. The molecule has 0 heterocycles. The Morgan fingerprint density at radius 3 is 1.59 bits per heavy atom. The summed E-state index contributed by atoms with van der Waals surface area (Å²) in [5.41, 5.74) is 14.7. The van der Waals surface area contributed by atoms with Gasteiger partial charge in [0.2, 0.25) is 5.91 Å². The van der Waals surface area contributed by atoms with E-state index < -0.39 is 35.9 Å². The fraction of sp³-hybridized carbons (Fsp3) is 0.600. The Bertz CT molecular complexity index is 334. The number of rotatable bonds is 8. The standard InChI is InChI=1S/C5H10N2O3.C5H9NO4.2Na/c2*6-3(5(9)10)1-2-4(7)8;;/h3H,1-2,6H2,(H2,7,8)(H,9,10);3H,1-2,6H2,(H,7,8)(H,9,10);;/q;;2*+1/p-2/t2*3-;;/m00../s1. The van der Waals surface area contributed by atoms with Gasteiger partial charge < -0.3 is 42.1 Å². The molecule has 0 fully saturated rings. The predicted molar refractivity (Wildman–Crippen MR) is 61.3 cm³/mol. The molecule has 0 spiro atoms. The summed E-state index contributed by atoms with van der Waals surface area (Å²) in [5.74, 6) is -4.39. The third kappa shape index (κ3) is 22.1. The van der Waals surface area contributed by atoms with Crippen molar-refractivity contribution in [3.8, 4) is 0 Å². The van der Waals surface area contributed by atoms with E-state index in [-0.39, 0.29) is 84.8 Å². The van der Waals surface area contributed by atoms with Crippen molar-refractivity contribution in [2.75, 3.05) is 0 Å². The van der Waals surface area contributed by atoms with E-state index in [0.29, 0.717) is 0 Å². The number of carboxylic acid groups (broad SMARTS) is 3. The summed E-state index contributed by atoms with van der Waals surface area (Å²) in [7, 11) is 0. The maximum absolute atomic E-state index is 10.1. The molecule has 22 heavy (non-hydrogen) atoms. The van der Waals surface area contributed by atoms with E-state index in [2.05, 4.69) is 0 Å². The maximum Gasteiger partial charge on any atom is 1.00 e. The number of hydrogen-bond acceptors (Lipinski definition) is 8. The van der Waals surface area contributed by atoms with Gasteiger partial charge in [-0.15, -0.1) is 0 Å². The molecule has 0 aromatic rings. The van der Waals surface area contributed by atoms with Gasteiger partial charge in [-0.25, -0.2) is 0 Å². The molecule has 7 N–H and O–H groups in total. The van der Waals surface area contributed by atoms with Crippen LogP contribution in [-0.2, 0) is 19.2 Å². The number of nitrogens with two attached hydrogens (primary N) is 3. The van der Waals surface area contributed by atoms with Gasteiger partial charge in [0.25, 0.3) is 0 Å². The zero-order valence-corrected chi connectivity index (χ0v) is 16.6. The molecule has 0 unspecified atom stereocenters. The third-order valence-electron chi connectivity index (χ3n) is 1.98. The normalized spacial score (nSPS) is 11.4. The summed E-state index contributed by atoms with van der Waals surface area (Å²) in [6, 6.07) is -2.19. The summed E-state index contributed by atoms with van der Waals surface area (Å²) in [6.45, 7) is 0. The zero-order valence-electron chi connectivity index (χ0n) is 12.6. The molecule has 0 rings (SSSR count). The van der Waals surface area contributed by atoms with Gasteiger partial charge in [0, 0.05) is 18.4 Å². The largest absolute Gasteiger partial charge is 1.00 e. The molecular weight excluding hydrogens is 320 g/mol. The van der Waals surface area contributed by atoms with E-state index in [1.165, 1.54) is 0 Å². The predicted octanol–water partition coefficient (Wildman–Crippen LogP) is -10.7. The molecule has 0 bridgehead atoms. The first-order valence-electron chi connectivity index (χ1n) is 5.50. The van der Waals surface area contributed by atoms with Gasteiger partial charge in [0.05, 0.1) is 5.97 Å². The summed E-state index contributed by atoms with van der Waals surface area (Å²) in [6.07, 6.45) is -0.377. The number of aliphatic carboxylic acids is 3. The number of primary amides is 1. The van der Waals surface area contributed by atoms with Crippen molar-refractivity contribution in [3.05, 3.63) is 0 Å². The number of carbonyl (C=O) groups excluding carboxylic acids is 3. The molecule has 0 aromatic heterocycles. The molecule has 0 saturated heterocycles. The summed E-state index contributed by atoms with van der Waals surface area (Å²) in [4.78, 5) is 39.7. The second kappa shape index (κ2) is 17.2. The zero-order chi connectivity index (χ0) is 16.3. The molecule has 0 saturated carbocycles. The fourth-order valence-corrected chi connectivity index (χ4v) is 0.812. The second-order valence-electron chi connectivity index (χ2n) is 3.79. The minimum absolute atomic E-state index is 0. The van der Waals surface area contributed by atoms with Gasteiger partial charge >= 0.3 is 65.1 Å². The van der Waals surface area contributed by atoms with Gasteiger partial charge in [-0.1, -0.05) is 0 Å². The Morgan fingerprint density at radius 1 is 0.909 bits per heavy atom. The number of hydrogen-bond donors (Lipinski definition) is 4. The van der Waals surface area contributed by atoms with E-state index in [4.69, 9.17) is 22.3 Å². The molecule has 0 aliphatic rings. The van der Waals surface area contributed by atoms with E-state index >= 15 is 0 Å². The number of carbonyl (C=O) groups is 4. The molecule has 2 atom stereocenters. The molecule has 10 nitrogen and oxygen atoms in total. The van der Waals surface area contributed by atoms with Crippen molar-refractivity contribution in [2.24, 2.45) is 17.2 Å². The van der Waals surface area contributed by atoms with Crippen LogP contribution in [0.15, 0.2) is 0 Å². The minimum atomic E-state index is -1.44. The van der Waals surface area contributed by atoms with Gasteiger partial charge in [-0.3, -0.25) is 9.59 Å². The number of carboxylic acids is 3. The Hall–Kier alpha value is -0.200. The molecule has 0 aliphatic heterocycles. The van der Waals surface area contributed by atoms with Crippen LogP contribution >= 0.6 is 0 Å². The Balaban J connectivity index is -0.000000135. The van der Waals surface area contributed by atoms with Gasteiger partial charge in [0.1, 0.15) is 6.04 Å².